The molecule has 0 atom stereocenters. The van der Waals surface area contributed by atoms with Gasteiger partial charge in [0.15, 0.2) is 11.5 Å². The van der Waals surface area contributed by atoms with Crippen molar-refractivity contribution in [2.45, 2.75) is 40.2 Å². The van der Waals surface area contributed by atoms with Gasteiger partial charge in [-0.1, -0.05) is 55.8 Å². The van der Waals surface area contributed by atoms with Gasteiger partial charge in [0.2, 0.25) is 0 Å². The van der Waals surface area contributed by atoms with Crippen molar-refractivity contribution in [2.24, 2.45) is 0 Å². The highest BCUT2D eigenvalue weighted by Crippen LogP contribution is 2.38. The number of rotatable bonds is 10. The third-order valence-corrected chi connectivity index (χ3v) is 8.00. The van der Waals surface area contributed by atoms with Crippen LogP contribution in [0.1, 0.15) is 47.6 Å². The molecule has 1 aliphatic heterocycles. The molecule has 204 valence electrons. The molecule has 3 aromatic carbocycles. The number of halogens is 1. The molecule has 8 heteroatoms. The number of methoxy groups -OCH3 is 1. The molecule has 39 heavy (non-hydrogen) atoms. The standard InChI is InChI=1S/C31H32INO5S/c1-19(2)24-11-8-21(4)14-26(24)37-13-12-33-30(34)28(39-31(33)35)17-23-15-25(32)29(27(16-23)36-5)38-18-22-9-6-20(3)7-10-22/h6-11,14-17,19H,12-13,18H2,1-5H3/b28-17-. The lowest BCUT2D eigenvalue weighted by Crippen LogP contribution is -2.32. The van der Waals surface area contributed by atoms with Gasteiger partial charge < -0.3 is 14.2 Å². The van der Waals surface area contributed by atoms with Gasteiger partial charge >= 0.3 is 0 Å². The lowest BCUT2D eigenvalue weighted by molar-refractivity contribution is -0.123. The lowest BCUT2D eigenvalue weighted by atomic mass is 10.0. The fourth-order valence-corrected chi connectivity index (χ4v) is 5.78. The Morgan fingerprint density at radius 3 is 2.36 bits per heavy atom. The van der Waals surface area contributed by atoms with Gasteiger partial charge in [0.25, 0.3) is 11.1 Å². The molecule has 0 unspecified atom stereocenters. The zero-order valence-corrected chi connectivity index (χ0v) is 25.7. The van der Waals surface area contributed by atoms with Crippen LogP contribution in [0.25, 0.3) is 6.08 Å². The van der Waals surface area contributed by atoms with Crippen molar-refractivity contribution in [2.75, 3.05) is 20.3 Å². The Morgan fingerprint density at radius 2 is 1.67 bits per heavy atom. The van der Waals surface area contributed by atoms with E-state index in [2.05, 4.69) is 60.7 Å². The van der Waals surface area contributed by atoms with Crippen LogP contribution in [0.3, 0.4) is 0 Å². The molecule has 0 N–H and O–H groups in total. The molecule has 1 fully saturated rings. The number of hydrogen-bond acceptors (Lipinski definition) is 6. The fourth-order valence-electron chi connectivity index (χ4n) is 4.14. The van der Waals surface area contributed by atoms with E-state index in [1.165, 1.54) is 10.5 Å². The topological polar surface area (TPSA) is 65.1 Å². The molecule has 1 aliphatic rings. The Labute approximate surface area is 247 Å². The zero-order chi connectivity index (χ0) is 28.1. The molecular formula is C31H32INO5S. The Morgan fingerprint density at radius 1 is 0.949 bits per heavy atom. The second-order valence-corrected chi connectivity index (χ2v) is 11.8. The monoisotopic (exact) mass is 657 g/mol. The Balaban J connectivity index is 1.44. The third kappa shape index (κ3) is 7.16. The highest BCUT2D eigenvalue weighted by atomic mass is 127. The molecule has 0 saturated carbocycles. The van der Waals surface area contributed by atoms with E-state index in [-0.39, 0.29) is 24.3 Å². The predicted octanol–water partition coefficient (Wildman–Crippen LogP) is 7.73. The van der Waals surface area contributed by atoms with E-state index >= 15 is 0 Å². The van der Waals surface area contributed by atoms with Crippen molar-refractivity contribution in [1.29, 1.82) is 0 Å². The minimum absolute atomic E-state index is 0.181. The summed E-state index contributed by atoms with van der Waals surface area (Å²) in [6.07, 6.45) is 1.72. The van der Waals surface area contributed by atoms with E-state index in [0.717, 1.165) is 43.3 Å². The molecule has 4 rings (SSSR count). The van der Waals surface area contributed by atoms with Crippen LogP contribution in [-0.2, 0) is 11.4 Å². The largest absolute Gasteiger partial charge is 0.493 e. The van der Waals surface area contributed by atoms with Crippen molar-refractivity contribution in [1.82, 2.24) is 4.90 Å². The van der Waals surface area contributed by atoms with Gasteiger partial charge in [-0.2, -0.15) is 0 Å². The second-order valence-electron chi connectivity index (χ2n) is 9.69. The number of ether oxygens (including phenoxy) is 3. The summed E-state index contributed by atoms with van der Waals surface area (Å²) in [6, 6.07) is 18.0. The molecule has 1 saturated heterocycles. The molecule has 0 aromatic heterocycles. The van der Waals surface area contributed by atoms with Crippen LogP contribution in [0.5, 0.6) is 17.2 Å². The molecule has 0 spiro atoms. The summed E-state index contributed by atoms with van der Waals surface area (Å²) in [4.78, 5) is 27.4. The van der Waals surface area contributed by atoms with Gasteiger partial charge in [0.1, 0.15) is 19.0 Å². The quantitative estimate of drug-likeness (QED) is 0.164. The Bertz CT molecular complexity index is 1400. The van der Waals surface area contributed by atoms with Gasteiger partial charge in [-0.15, -0.1) is 0 Å². The number of thioether (sulfide) groups is 1. The molecular weight excluding hydrogens is 625 g/mol. The number of hydrogen-bond donors (Lipinski definition) is 0. The summed E-state index contributed by atoms with van der Waals surface area (Å²) in [5.74, 6) is 1.97. The summed E-state index contributed by atoms with van der Waals surface area (Å²) in [7, 11) is 1.58. The maximum atomic E-state index is 13.1. The molecule has 3 aromatic rings. The van der Waals surface area contributed by atoms with Gasteiger partial charge in [-0.05, 0) is 101 Å². The number of nitrogens with zero attached hydrogens (tertiary/aromatic N) is 1. The van der Waals surface area contributed by atoms with E-state index in [0.29, 0.717) is 28.9 Å². The molecule has 1 heterocycles. The number of imide groups is 1. The fraction of sp³-hybridized carbons (Fsp3) is 0.290. The highest BCUT2D eigenvalue weighted by Gasteiger charge is 2.35. The molecule has 2 amide bonds. The van der Waals surface area contributed by atoms with Crippen LogP contribution in [0, 0.1) is 17.4 Å². The van der Waals surface area contributed by atoms with E-state index < -0.39 is 0 Å². The first-order valence-electron chi connectivity index (χ1n) is 12.7. The van der Waals surface area contributed by atoms with Crippen molar-refractivity contribution < 1.29 is 23.8 Å². The van der Waals surface area contributed by atoms with Crippen LogP contribution in [-0.4, -0.2) is 36.3 Å². The Hall–Kier alpha value is -2.98. The van der Waals surface area contributed by atoms with Crippen molar-refractivity contribution >= 4 is 51.6 Å². The number of amides is 2. The second kappa shape index (κ2) is 12.9. The van der Waals surface area contributed by atoms with E-state index in [9.17, 15) is 9.59 Å². The van der Waals surface area contributed by atoms with Crippen LogP contribution >= 0.6 is 34.4 Å². The van der Waals surface area contributed by atoms with Crippen LogP contribution < -0.4 is 14.2 Å². The maximum Gasteiger partial charge on any atom is 0.293 e. The number of carbonyl (C=O) groups excluding carboxylic acids is 2. The van der Waals surface area contributed by atoms with Gasteiger partial charge in [-0.25, -0.2) is 0 Å². The van der Waals surface area contributed by atoms with E-state index in [1.54, 1.807) is 13.2 Å². The van der Waals surface area contributed by atoms with E-state index in [1.807, 2.05) is 44.2 Å². The van der Waals surface area contributed by atoms with Gasteiger partial charge in [0.05, 0.1) is 22.1 Å². The average Bonchev–Trinajstić information content (AvgIpc) is 3.16. The summed E-state index contributed by atoms with van der Waals surface area (Å²) in [5.41, 5.74) is 5.20. The average molecular weight is 658 g/mol. The SMILES string of the molecule is COc1cc(/C=C2\SC(=O)N(CCOc3cc(C)ccc3C(C)C)C2=O)cc(I)c1OCc1ccc(C)cc1. The first kappa shape index (κ1) is 29.0. The van der Waals surface area contributed by atoms with Gasteiger partial charge in [-0.3, -0.25) is 14.5 Å². The smallest absolute Gasteiger partial charge is 0.293 e. The van der Waals surface area contributed by atoms with Crippen LogP contribution in [0.2, 0.25) is 0 Å². The van der Waals surface area contributed by atoms with Gasteiger partial charge in [0, 0.05) is 0 Å². The molecule has 6 nitrogen and oxygen atoms in total. The lowest BCUT2D eigenvalue weighted by Gasteiger charge is -2.17. The predicted molar refractivity (Wildman–Crippen MR) is 165 cm³/mol. The summed E-state index contributed by atoms with van der Waals surface area (Å²) >= 11 is 3.13. The molecule has 0 bridgehead atoms. The number of aryl methyl sites for hydroxylation is 2. The Kier molecular flexibility index (Phi) is 9.61. The first-order chi connectivity index (χ1) is 18.7. The normalized spacial score (nSPS) is 14.4. The highest BCUT2D eigenvalue weighted by molar-refractivity contribution is 14.1. The van der Waals surface area contributed by atoms with E-state index in [4.69, 9.17) is 14.2 Å². The van der Waals surface area contributed by atoms with Crippen molar-refractivity contribution in [3.63, 3.8) is 0 Å². The third-order valence-electron chi connectivity index (χ3n) is 6.29. The van der Waals surface area contributed by atoms with Crippen LogP contribution in [0.15, 0.2) is 59.5 Å². The van der Waals surface area contributed by atoms with Crippen molar-refractivity contribution in [3.05, 3.63) is 90.9 Å². The minimum Gasteiger partial charge on any atom is -0.493 e. The summed E-state index contributed by atoms with van der Waals surface area (Å²) < 4.78 is 18.5. The first-order valence-corrected chi connectivity index (χ1v) is 14.6. The zero-order valence-electron chi connectivity index (χ0n) is 22.7. The summed E-state index contributed by atoms with van der Waals surface area (Å²) in [5, 5.41) is -0.303. The molecule has 0 radical (unpaired) electrons. The van der Waals surface area contributed by atoms with Crippen LogP contribution in [0.4, 0.5) is 4.79 Å². The summed E-state index contributed by atoms with van der Waals surface area (Å²) in [6.45, 7) is 9.10. The maximum absolute atomic E-state index is 13.1. The molecule has 0 aliphatic carbocycles. The number of benzene rings is 3. The number of carbonyl (C=O) groups is 2. The van der Waals surface area contributed by atoms with Crippen molar-refractivity contribution in [3.8, 4) is 17.2 Å². The minimum atomic E-state index is -0.324.